The fourth-order valence-electron chi connectivity index (χ4n) is 1.59. The Hall–Kier alpha value is -2.13. The predicted molar refractivity (Wildman–Crippen MR) is 74.8 cm³/mol. The summed E-state index contributed by atoms with van der Waals surface area (Å²) in [4.78, 5) is 7.87. The molecule has 0 atom stereocenters. The van der Waals surface area contributed by atoms with Crippen LogP contribution in [0.1, 0.15) is 11.3 Å². The Kier molecular flexibility index (Phi) is 4.31. The number of nitriles is 1. The molecule has 1 aromatic carbocycles. The molecule has 2 aromatic rings. The highest BCUT2D eigenvalue weighted by molar-refractivity contribution is 9.10. The molecule has 0 spiro atoms. The van der Waals surface area contributed by atoms with Crippen LogP contribution >= 0.6 is 15.9 Å². The van der Waals surface area contributed by atoms with Gasteiger partial charge in [-0.3, -0.25) is 0 Å². The minimum atomic E-state index is 0.332. The minimum Gasteiger partial charge on any atom is -0.496 e. The van der Waals surface area contributed by atoms with Crippen molar-refractivity contribution in [3.8, 4) is 11.8 Å². The quantitative estimate of drug-likeness (QED) is 0.938. The number of rotatable bonds is 4. The lowest BCUT2D eigenvalue weighted by Crippen LogP contribution is -2.04. The van der Waals surface area contributed by atoms with E-state index >= 15 is 0 Å². The zero-order chi connectivity index (χ0) is 13.7. The molecule has 1 aromatic heterocycles. The Labute approximate surface area is 119 Å². The largest absolute Gasteiger partial charge is 0.496 e. The zero-order valence-corrected chi connectivity index (χ0v) is 11.8. The number of anilines is 1. The van der Waals surface area contributed by atoms with E-state index in [0.29, 0.717) is 18.1 Å². The molecule has 1 N–H and O–H groups in total. The fraction of sp³-hybridized carbons (Fsp3) is 0.154. The van der Waals surface area contributed by atoms with E-state index in [9.17, 15) is 0 Å². The van der Waals surface area contributed by atoms with Crippen molar-refractivity contribution in [1.82, 2.24) is 9.97 Å². The number of halogens is 1. The molecule has 96 valence electrons. The van der Waals surface area contributed by atoms with Crippen molar-refractivity contribution < 1.29 is 4.74 Å². The van der Waals surface area contributed by atoms with E-state index in [0.717, 1.165) is 15.8 Å². The van der Waals surface area contributed by atoms with Crippen LogP contribution in [0.4, 0.5) is 5.82 Å². The third-order valence-electron chi connectivity index (χ3n) is 2.48. The second kappa shape index (κ2) is 6.16. The summed E-state index contributed by atoms with van der Waals surface area (Å²) in [5.41, 5.74) is 1.33. The Balaban J connectivity index is 2.14. The molecule has 0 saturated carbocycles. The molecule has 0 bridgehead atoms. The first-order chi connectivity index (χ1) is 9.22. The van der Waals surface area contributed by atoms with Crippen molar-refractivity contribution in [2.24, 2.45) is 0 Å². The van der Waals surface area contributed by atoms with Crippen molar-refractivity contribution in [3.63, 3.8) is 0 Å². The van der Waals surface area contributed by atoms with Gasteiger partial charge in [-0.25, -0.2) is 9.97 Å². The summed E-state index contributed by atoms with van der Waals surface area (Å²) in [6.07, 6.45) is 1.36. The molecule has 0 saturated heterocycles. The van der Waals surface area contributed by atoms with Crippen LogP contribution in [0.25, 0.3) is 0 Å². The van der Waals surface area contributed by atoms with Crippen LogP contribution in [0.2, 0.25) is 0 Å². The summed E-state index contributed by atoms with van der Waals surface area (Å²) in [5.74, 6) is 1.40. The van der Waals surface area contributed by atoms with E-state index in [2.05, 4.69) is 31.2 Å². The third kappa shape index (κ3) is 3.42. The average Bonchev–Trinajstić information content (AvgIpc) is 2.45. The maximum Gasteiger partial charge on any atom is 0.145 e. The fourth-order valence-corrected chi connectivity index (χ4v) is 1.99. The lowest BCUT2D eigenvalue weighted by atomic mass is 10.2. The SMILES string of the molecule is COc1ccc(Br)cc1CNc1cc(C#N)ncn1. The molecule has 5 nitrogen and oxygen atoms in total. The number of hydrogen-bond acceptors (Lipinski definition) is 5. The van der Waals surface area contributed by atoms with Crippen LogP contribution in [0, 0.1) is 11.3 Å². The van der Waals surface area contributed by atoms with Crippen LogP contribution in [0.15, 0.2) is 35.1 Å². The molecule has 6 heteroatoms. The van der Waals surface area contributed by atoms with E-state index in [4.69, 9.17) is 10.00 Å². The Morgan fingerprint density at radius 2 is 2.21 bits per heavy atom. The molecule has 0 amide bonds. The Morgan fingerprint density at radius 3 is 2.95 bits per heavy atom. The van der Waals surface area contributed by atoms with E-state index in [1.807, 2.05) is 24.3 Å². The number of aromatic nitrogens is 2. The molecular weight excluding hydrogens is 308 g/mol. The smallest absolute Gasteiger partial charge is 0.145 e. The lowest BCUT2D eigenvalue weighted by Gasteiger charge is -2.10. The maximum absolute atomic E-state index is 8.77. The molecule has 19 heavy (non-hydrogen) atoms. The monoisotopic (exact) mass is 318 g/mol. The van der Waals surface area contributed by atoms with Gasteiger partial charge < -0.3 is 10.1 Å². The lowest BCUT2D eigenvalue weighted by molar-refractivity contribution is 0.410. The van der Waals surface area contributed by atoms with Gasteiger partial charge in [-0.1, -0.05) is 15.9 Å². The number of benzene rings is 1. The molecule has 1 heterocycles. The highest BCUT2D eigenvalue weighted by atomic mass is 79.9. The van der Waals surface area contributed by atoms with Crippen molar-refractivity contribution in [3.05, 3.63) is 46.3 Å². The molecule has 0 fully saturated rings. The number of hydrogen-bond donors (Lipinski definition) is 1. The van der Waals surface area contributed by atoms with Crippen molar-refractivity contribution in [1.29, 1.82) is 5.26 Å². The standard InChI is InChI=1S/C13H11BrN4O/c1-19-12-3-2-10(14)4-9(12)7-16-13-5-11(6-15)17-8-18-13/h2-5,8H,7H2,1H3,(H,16,17,18). The van der Waals surface area contributed by atoms with Gasteiger partial charge in [0.15, 0.2) is 0 Å². The van der Waals surface area contributed by atoms with Gasteiger partial charge in [0.2, 0.25) is 0 Å². The van der Waals surface area contributed by atoms with Gasteiger partial charge in [0.05, 0.1) is 7.11 Å². The Morgan fingerprint density at radius 1 is 1.37 bits per heavy atom. The van der Waals surface area contributed by atoms with Gasteiger partial charge in [0.25, 0.3) is 0 Å². The van der Waals surface area contributed by atoms with Crippen LogP contribution in [-0.2, 0) is 6.54 Å². The second-order valence-corrected chi connectivity index (χ2v) is 4.63. The first-order valence-electron chi connectivity index (χ1n) is 5.51. The highest BCUT2D eigenvalue weighted by Gasteiger charge is 2.04. The van der Waals surface area contributed by atoms with Gasteiger partial charge in [-0.15, -0.1) is 0 Å². The highest BCUT2D eigenvalue weighted by Crippen LogP contribution is 2.23. The van der Waals surface area contributed by atoms with Crippen LogP contribution in [0.3, 0.4) is 0 Å². The van der Waals surface area contributed by atoms with E-state index < -0.39 is 0 Å². The summed E-state index contributed by atoms with van der Waals surface area (Å²) in [6, 6.07) is 9.35. The third-order valence-corrected chi connectivity index (χ3v) is 2.98. The van der Waals surface area contributed by atoms with E-state index in [1.54, 1.807) is 13.2 Å². The number of methoxy groups -OCH3 is 1. The molecule has 2 rings (SSSR count). The van der Waals surface area contributed by atoms with Gasteiger partial charge in [0.1, 0.15) is 29.7 Å². The Bertz CT molecular complexity index is 624. The normalized spacial score (nSPS) is 9.74. The van der Waals surface area contributed by atoms with E-state index in [1.165, 1.54) is 6.33 Å². The summed E-state index contributed by atoms with van der Waals surface area (Å²) in [5, 5.41) is 11.9. The van der Waals surface area contributed by atoms with Crippen molar-refractivity contribution in [2.75, 3.05) is 12.4 Å². The van der Waals surface area contributed by atoms with Gasteiger partial charge in [0, 0.05) is 22.6 Å². The number of ether oxygens (including phenoxy) is 1. The summed E-state index contributed by atoms with van der Waals surface area (Å²) in [6.45, 7) is 0.546. The van der Waals surface area contributed by atoms with Gasteiger partial charge >= 0.3 is 0 Å². The predicted octanol–water partition coefficient (Wildman–Crippen LogP) is 2.73. The van der Waals surface area contributed by atoms with Crippen LogP contribution < -0.4 is 10.1 Å². The molecule has 0 aliphatic rings. The van der Waals surface area contributed by atoms with Crippen LogP contribution in [0.5, 0.6) is 5.75 Å². The minimum absolute atomic E-state index is 0.332. The average molecular weight is 319 g/mol. The first-order valence-corrected chi connectivity index (χ1v) is 6.30. The molecule has 0 unspecified atom stereocenters. The molecule has 0 aliphatic carbocycles. The number of nitrogens with one attached hydrogen (secondary N) is 1. The van der Waals surface area contributed by atoms with E-state index in [-0.39, 0.29) is 0 Å². The first kappa shape index (κ1) is 13.3. The summed E-state index contributed by atoms with van der Waals surface area (Å²) < 4.78 is 6.27. The van der Waals surface area contributed by atoms with Crippen molar-refractivity contribution >= 4 is 21.7 Å². The summed E-state index contributed by atoms with van der Waals surface area (Å²) in [7, 11) is 1.63. The van der Waals surface area contributed by atoms with Gasteiger partial charge in [-0.2, -0.15) is 5.26 Å². The molecule has 0 radical (unpaired) electrons. The second-order valence-electron chi connectivity index (χ2n) is 3.71. The zero-order valence-electron chi connectivity index (χ0n) is 10.2. The topological polar surface area (TPSA) is 70.8 Å². The van der Waals surface area contributed by atoms with Crippen molar-refractivity contribution in [2.45, 2.75) is 6.54 Å². The molecule has 0 aliphatic heterocycles. The van der Waals surface area contributed by atoms with Crippen LogP contribution in [-0.4, -0.2) is 17.1 Å². The molecular formula is C13H11BrN4O. The van der Waals surface area contributed by atoms with Gasteiger partial charge in [-0.05, 0) is 18.2 Å². The number of nitrogens with zero attached hydrogens (tertiary/aromatic N) is 3. The maximum atomic E-state index is 8.77. The summed E-state index contributed by atoms with van der Waals surface area (Å²) >= 11 is 3.42.